The molecule has 8 heteroatoms. The zero-order chi connectivity index (χ0) is 21.8. The van der Waals surface area contributed by atoms with Crippen LogP contribution in [0.2, 0.25) is 0 Å². The third-order valence-corrected chi connectivity index (χ3v) is 5.45. The number of carbonyl (C=O) groups excluding carboxylic acids is 1. The van der Waals surface area contributed by atoms with Crippen molar-refractivity contribution >= 4 is 33.4 Å². The molecule has 1 heterocycles. The summed E-state index contributed by atoms with van der Waals surface area (Å²) < 4.78 is 19.6. The Hall–Kier alpha value is -3.78. The number of hydrogen-bond donors (Lipinski definition) is 2. The highest BCUT2D eigenvalue weighted by Crippen LogP contribution is 2.29. The number of rotatable bonds is 7. The lowest BCUT2D eigenvalue weighted by Crippen LogP contribution is -2.24. The molecule has 0 bridgehead atoms. The van der Waals surface area contributed by atoms with E-state index >= 15 is 0 Å². The second kappa shape index (κ2) is 8.93. The monoisotopic (exact) mass is 436 g/mol. The van der Waals surface area contributed by atoms with Crippen LogP contribution in [0.3, 0.4) is 0 Å². The fraction of sp³-hybridized carbons (Fsp3) is 0.0870. The molecular weight excluding hydrogens is 419 g/mol. The number of carboxylic acids is 1. The first-order valence-electron chi connectivity index (χ1n) is 9.38. The van der Waals surface area contributed by atoms with Crippen molar-refractivity contribution in [2.45, 2.75) is 13.0 Å². The second-order valence-electron chi connectivity index (χ2n) is 6.75. The van der Waals surface area contributed by atoms with Gasteiger partial charge < -0.3 is 15.2 Å². The molecule has 0 saturated heterocycles. The summed E-state index contributed by atoms with van der Waals surface area (Å²) >= 11 is 1.39. The number of aromatic carboxylic acids is 1. The van der Waals surface area contributed by atoms with Gasteiger partial charge in [-0.05, 0) is 54.1 Å². The Kier molecular flexibility index (Phi) is 5.90. The molecule has 0 radical (unpaired) electrons. The number of carboxylic acid groups (broad SMARTS) is 1. The number of halogens is 1. The smallest absolute Gasteiger partial charge is 0.335 e. The molecule has 0 aliphatic rings. The van der Waals surface area contributed by atoms with Gasteiger partial charge in [0, 0.05) is 12.6 Å². The Bertz CT molecular complexity index is 1250. The average Bonchev–Trinajstić information content (AvgIpc) is 3.15. The van der Waals surface area contributed by atoms with E-state index in [0.29, 0.717) is 22.1 Å². The Labute approximate surface area is 180 Å². The molecule has 0 aliphatic heterocycles. The summed E-state index contributed by atoms with van der Waals surface area (Å²) in [7, 11) is 0. The van der Waals surface area contributed by atoms with Gasteiger partial charge in [-0.3, -0.25) is 4.79 Å². The quantitative estimate of drug-likeness (QED) is 0.435. The lowest BCUT2D eigenvalue weighted by Gasteiger charge is -2.05. The zero-order valence-corrected chi connectivity index (χ0v) is 17.0. The molecule has 0 fully saturated rings. The number of aromatic nitrogens is 1. The first-order chi connectivity index (χ1) is 15.0. The molecule has 1 amide bonds. The molecule has 6 nitrogen and oxygen atoms in total. The van der Waals surface area contributed by atoms with Crippen LogP contribution in [0.5, 0.6) is 11.5 Å². The minimum atomic E-state index is -1.01. The summed E-state index contributed by atoms with van der Waals surface area (Å²) in [6.45, 7) is 0.237. The van der Waals surface area contributed by atoms with E-state index in [0.717, 1.165) is 10.2 Å². The Morgan fingerprint density at radius 1 is 1.03 bits per heavy atom. The van der Waals surface area contributed by atoms with Gasteiger partial charge in [0.25, 0.3) is 0 Å². The van der Waals surface area contributed by atoms with Crippen molar-refractivity contribution in [1.82, 2.24) is 10.3 Å². The van der Waals surface area contributed by atoms with Crippen LogP contribution in [0.25, 0.3) is 10.2 Å². The van der Waals surface area contributed by atoms with Crippen molar-refractivity contribution in [1.29, 1.82) is 0 Å². The summed E-state index contributed by atoms with van der Waals surface area (Å²) in [5, 5.41) is 12.5. The first-order valence-corrected chi connectivity index (χ1v) is 10.2. The van der Waals surface area contributed by atoms with E-state index in [1.165, 1.54) is 35.6 Å². The topological polar surface area (TPSA) is 88.5 Å². The van der Waals surface area contributed by atoms with Crippen LogP contribution in [-0.4, -0.2) is 22.0 Å². The van der Waals surface area contributed by atoms with Gasteiger partial charge in [-0.25, -0.2) is 14.2 Å². The summed E-state index contributed by atoms with van der Waals surface area (Å²) in [4.78, 5) is 27.8. The first kappa shape index (κ1) is 20.5. The van der Waals surface area contributed by atoms with E-state index in [1.807, 2.05) is 12.1 Å². The van der Waals surface area contributed by atoms with Gasteiger partial charge in [-0.2, -0.15) is 0 Å². The molecule has 156 valence electrons. The Balaban J connectivity index is 1.39. The number of benzene rings is 3. The summed E-state index contributed by atoms with van der Waals surface area (Å²) in [6.07, 6.45) is 0.117. The van der Waals surface area contributed by atoms with Crippen LogP contribution in [0, 0.1) is 5.82 Å². The van der Waals surface area contributed by atoms with E-state index in [2.05, 4.69) is 10.3 Å². The number of fused-ring (bicyclic) bond motifs is 1. The number of hydrogen-bond acceptors (Lipinski definition) is 5. The molecule has 0 spiro atoms. The summed E-state index contributed by atoms with van der Waals surface area (Å²) in [6, 6.07) is 17.6. The number of ether oxygens (including phenoxy) is 1. The fourth-order valence-electron chi connectivity index (χ4n) is 2.95. The minimum absolute atomic E-state index is 0.117. The maximum atomic E-state index is 13.0. The molecule has 0 atom stereocenters. The lowest BCUT2D eigenvalue weighted by atomic mass is 10.1. The van der Waals surface area contributed by atoms with Crippen LogP contribution in [0.15, 0.2) is 66.7 Å². The van der Waals surface area contributed by atoms with Gasteiger partial charge in [-0.15, -0.1) is 11.3 Å². The summed E-state index contributed by atoms with van der Waals surface area (Å²) in [5.74, 6) is -0.426. The standard InChI is InChI=1S/C23H17FN2O4S/c24-16-4-6-17(7-5-16)30-18-8-9-19-20(11-18)31-22(26-19)12-21(27)25-13-14-2-1-3-15(10-14)23(28)29/h1-11H,12-13H2,(H,25,27)(H,28,29). The molecule has 2 N–H and O–H groups in total. The zero-order valence-electron chi connectivity index (χ0n) is 16.2. The average molecular weight is 436 g/mol. The van der Waals surface area contributed by atoms with Crippen LogP contribution in [-0.2, 0) is 17.8 Å². The van der Waals surface area contributed by atoms with Crippen LogP contribution < -0.4 is 10.1 Å². The van der Waals surface area contributed by atoms with E-state index in [9.17, 15) is 14.0 Å². The number of thiazole rings is 1. The second-order valence-corrected chi connectivity index (χ2v) is 7.87. The number of nitrogens with one attached hydrogen (secondary N) is 1. The SMILES string of the molecule is O=C(Cc1nc2ccc(Oc3ccc(F)cc3)cc2s1)NCc1cccc(C(=O)O)c1. The van der Waals surface area contributed by atoms with E-state index in [4.69, 9.17) is 9.84 Å². The molecule has 4 aromatic rings. The van der Waals surface area contributed by atoms with Gasteiger partial charge in [0.15, 0.2) is 0 Å². The summed E-state index contributed by atoms with van der Waals surface area (Å²) in [5.41, 5.74) is 1.64. The molecule has 0 aliphatic carbocycles. The van der Waals surface area contributed by atoms with Crippen molar-refractivity contribution in [2.24, 2.45) is 0 Å². The van der Waals surface area contributed by atoms with Gasteiger partial charge in [-0.1, -0.05) is 12.1 Å². The molecule has 3 aromatic carbocycles. The molecule has 1 aromatic heterocycles. The molecular formula is C23H17FN2O4S. The largest absolute Gasteiger partial charge is 0.478 e. The number of carbonyl (C=O) groups is 2. The lowest BCUT2D eigenvalue weighted by molar-refractivity contribution is -0.120. The van der Waals surface area contributed by atoms with Crippen molar-refractivity contribution in [3.63, 3.8) is 0 Å². The van der Waals surface area contributed by atoms with E-state index < -0.39 is 5.97 Å². The predicted molar refractivity (Wildman–Crippen MR) is 115 cm³/mol. The van der Waals surface area contributed by atoms with Crippen molar-refractivity contribution in [2.75, 3.05) is 0 Å². The molecule has 31 heavy (non-hydrogen) atoms. The fourth-order valence-corrected chi connectivity index (χ4v) is 3.94. The minimum Gasteiger partial charge on any atom is -0.478 e. The number of nitrogens with zero attached hydrogens (tertiary/aromatic N) is 1. The highest BCUT2D eigenvalue weighted by Gasteiger charge is 2.11. The van der Waals surface area contributed by atoms with E-state index in [1.54, 1.807) is 30.3 Å². The Morgan fingerprint density at radius 2 is 1.81 bits per heavy atom. The highest BCUT2D eigenvalue weighted by atomic mass is 32.1. The van der Waals surface area contributed by atoms with Crippen LogP contribution in [0.1, 0.15) is 20.9 Å². The normalized spacial score (nSPS) is 10.7. The van der Waals surface area contributed by atoms with Gasteiger partial charge in [0.05, 0.1) is 22.2 Å². The molecule has 0 unspecified atom stereocenters. The van der Waals surface area contributed by atoms with Crippen molar-refractivity contribution in [3.8, 4) is 11.5 Å². The van der Waals surface area contributed by atoms with E-state index in [-0.39, 0.29) is 30.3 Å². The third-order valence-electron chi connectivity index (χ3n) is 4.43. The molecule has 4 rings (SSSR count). The third kappa shape index (κ3) is 5.23. The van der Waals surface area contributed by atoms with Gasteiger partial charge in [0.2, 0.25) is 5.91 Å². The van der Waals surface area contributed by atoms with Gasteiger partial charge in [0.1, 0.15) is 22.3 Å². The maximum absolute atomic E-state index is 13.0. The van der Waals surface area contributed by atoms with Gasteiger partial charge >= 0.3 is 5.97 Å². The van der Waals surface area contributed by atoms with Crippen molar-refractivity contribution < 1.29 is 23.8 Å². The van der Waals surface area contributed by atoms with Crippen molar-refractivity contribution in [3.05, 3.63) is 88.7 Å². The number of amides is 1. The Morgan fingerprint density at radius 3 is 2.58 bits per heavy atom. The maximum Gasteiger partial charge on any atom is 0.335 e. The van der Waals surface area contributed by atoms with Crippen LogP contribution in [0.4, 0.5) is 4.39 Å². The van der Waals surface area contributed by atoms with Crippen LogP contribution >= 0.6 is 11.3 Å². The highest BCUT2D eigenvalue weighted by molar-refractivity contribution is 7.18. The predicted octanol–water partition coefficient (Wildman–Crippen LogP) is 4.78. The molecule has 0 saturated carbocycles.